The molecular formula is C14H21BF2O2. The van der Waals surface area contributed by atoms with E-state index < -0.39 is 11.3 Å². The monoisotopic (exact) mass is 270 g/mol. The molecule has 1 unspecified atom stereocenters. The van der Waals surface area contributed by atoms with E-state index in [2.05, 4.69) is 0 Å². The third-order valence-electron chi connectivity index (χ3n) is 5.41. The molecule has 0 radical (unpaired) electrons. The van der Waals surface area contributed by atoms with E-state index in [1.807, 2.05) is 33.8 Å². The summed E-state index contributed by atoms with van der Waals surface area (Å²) in [6.45, 7) is 8.03. The molecule has 3 aliphatic rings. The maximum atomic E-state index is 13.3. The van der Waals surface area contributed by atoms with Gasteiger partial charge in [-0.1, -0.05) is 6.08 Å². The SMILES string of the molecule is CC1(C)OB(C2=CCC3(CC2)CC3(F)F)OC1(C)C. The van der Waals surface area contributed by atoms with E-state index >= 15 is 0 Å². The van der Waals surface area contributed by atoms with Crippen molar-refractivity contribution in [1.82, 2.24) is 0 Å². The van der Waals surface area contributed by atoms with Gasteiger partial charge in [0.15, 0.2) is 0 Å². The molecule has 1 saturated heterocycles. The third kappa shape index (κ3) is 1.89. The zero-order valence-electron chi connectivity index (χ0n) is 12.1. The predicted molar refractivity (Wildman–Crippen MR) is 70.0 cm³/mol. The van der Waals surface area contributed by atoms with Crippen molar-refractivity contribution < 1.29 is 18.1 Å². The first-order valence-electron chi connectivity index (χ1n) is 7.01. The van der Waals surface area contributed by atoms with Crippen LogP contribution in [-0.4, -0.2) is 24.2 Å². The van der Waals surface area contributed by atoms with Gasteiger partial charge in [-0.3, -0.25) is 0 Å². The minimum atomic E-state index is -2.45. The predicted octanol–water partition coefficient (Wildman–Crippen LogP) is 3.75. The summed E-state index contributed by atoms with van der Waals surface area (Å²) in [6, 6.07) is 0. The number of halogens is 2. The van der Waals surface area contributed by atoms with Crippen molar-refractivity contribution in [2.24, 2.45) is 5.41 Å². The summed E-state index contributed by atoms with van der Waals surface area (Å²) in [5, 5.41) is 0. The molecule has 2 nitrogen and oxygen atoms in total. The highest BCUT2D eigenvalue weighted by atomic mass is 19.3. The van der Waals surface area contributed by atoms with Gasteiger partial charge in [0.25, 0.3) is 5.92 Å². The fourth-order valence-electron chi connectivity index (χ4n) is 3.00. The molecule has 1 atom stereocenters. The summed E-state index contributed by atoms with van der Waals surface area (Å²) in [6.07, 6.45) is 3.64. The zero-order chi connectivity index (χ0) is 14.1. The molecule has 2 aliphatic carbocycles. The smallest absolute Gasteiger partial charge is 0.400 e. The van der Waals surface area contributed by atoms with Crippen LogP contribution in [0.2, 0.25) is 0 Å². The topological polar surface area (TPSA) is 18.5 Å². The second kappa shape index (κ2) is 3.61. The first-order chi connectivity index (χ1) is 8.59. The lowest BCUT2D eigenvalue weighted by molar-refractivity contribution is 0.00578. The van der Waals surface area contributed by atoms with Crippen LogP contribution in [0, 0.1) is 5.41 Å². The lowest BCUT2D eigenvalue weighted by Gasteiger charge is -2.32. The fraction of sp³-hybridized carbons (Fsp3) is 0.857. The molecule has 0 bridgehead atoms. The Morgan fingerprint density at radius 2 is 1.63 bits per heavy atom. The number of rotatable bonds is 1. The summed E-state index contributed by atoms with van der Waals surface area (Å²) in [5.74, 6) is -2.45. The number of alkyl halides is 2. The highest BCUT2D eigenvalue weighted by molar-refractivity contribution is 6.54. The van der Waals surface area contributed by atoms with Crippen molar-refractivity contribution in [1.29, 1.82) is 0 Å². The molecule has 2 fully saturated rings. The molecule has 1 aliphatic heterocycles. The van der Waals surface area contributed by atoms with Gasteiger partial charge in [0.05, 0.1) is 11.2 Å². The van der Waals surface area contributed by atoms with E-state index in [4.69, 9.17) is 9.31 Å². The Hall–Kier alpha value is -0.415. The van der Waals surface area contributed by atoms with Crippen LogP contribution in [0.1, 0.15) is 53.4 Å². The number of hydrogen-bond donors (Lipinski definition) is 0. The van der Waals surface area contributed by atoms with Gasteiger partial charge in [-0.05, 0) is 52.4 Å². The lowest BCUT2D eigenvalue weighted by atomic mass is 9.69. The van der Waals surface area contributed by atoms with Gasteiger partial charge < -0.3 is 9.31 Å². The molecule has 1 heterocycles. The molecule has 3 rings (SSSR count). The third-order valence-corrected chi connectivity index (χ3v) is 5.41. The Morgan fingerprint density at radius 3 is 2.00 bits per heavy atom. The summed E-state index contributed by atoms with van der Waals surface area (Å²) >= 11 is 0. The Balaban J connectivity index is 1.72. The minimum Gasteiger partial charge on any atom is -0.400 e. The molecule has 0 aromatic rings. The standard InChI is InChI=1S/C14H21BF2O2/c1-11(2)12(3,4)19-15(18-11)10-5-7-13(8-6-10)9-14(13,16)17/h5H,6-9H2,1-4H3. The molecule has 19 heavy (non-hydrogen) atoms. The Morgan fingerprint density at radius 1 is 1.11 bits per heavy atom. The van der Waals surface area contributed by atoms with Crippen LogP contribution in [-0.2, 0) is 9.31 Å². The van der Waals surface area contributed by atoms with E-state index in [-0.39, 0.29) is 24.7 Å². The van der Waals surface area contributed by atoms with Crippen LogP contribution in [0.3, 0.4) is 0 Å². The van der Waals surface area contributed by atoms with Crippen LogP contribution in [0.25, 0.3) is 0 Å². The Kier molecular flexibility index (Phi) is 2.58. The number of allylic oxidation sites excluding steroid dienone is 2. The maximum absolute atomic E-state index is 13.3. The van der Waals surface area contributed by atoms with E-state index in [0.29, 0.717) is 19.3 Å². The van der Waals surface area contributed by atoms with Crippen LogP contribution >= 0.6 is 0 Å². The Labute approximate surface area is 113 Å². The van der Waals surface area contributed by atoms with Crippen molar-refractivity contribution in [3.63, 3.8) is 0 Å². The van der Waals surface area contributed by atoms with Crippen LogP contribution in [0.15, 0.2) is 11.5 Å². The lowest BCUT2D eigenvalue weighted by Crippen LogP contribution is -2.41. The summed E-state index contributed by atoms with van der Waals surface area (Å²) in [7, 11) is -0.366. The average Bonchev–Trinajstić information content (AvgIpc) is 2.69. The summed E-state index contributed by atoms with van der Waals surface area (Å²) in [4.78, 5) is 0. The van der Waals surface area contributed by atoms with Crippen molar-refractivity contribution in [3.8, 4) is 0 Å². The van der Waals surface area contributed by atoms with Crippen molar-refractivity contribution in [2.45, 2.75) is 70.5 Å². The van der Waals surface area contributed by atoms with Gasteiger partial charge in [-0.15, -0.1) is 0 Å². The van der Waals surface area contributed by atoms with Crippen LogP contribution < -0.4 is 0 Å². The van der Waals surface area contributed by atoms with Gasteiger partial charge in [-0.25, -0.2) is 8.78 Å². The first-order valence-corrected chi connectivity index (χ1v) is 7.01. The first kappa shape index (κ1) is 13.6. The maximum Gasteiger partial charge on any atom is 0.490 e. The molecule has 0 aromatic heterocycles. The molecule has 0 aromatic carbocycles. The molecule has 106 valence electrons. The van der Waals surface area contributed by atoms with Gasteiger partial charge in [0, 0.05) is 11.8 Å². The van der Waals surface area contributed by atoms with E-state index in [1.165, 1.54) is 0 Å². The van der Waals surface area contributed by atoms with Crippen LogP contribution in [0.5, 0.6) is 0 Å². The van der Waals surface area contributed by atoms with Crippen LogP contribution in [0.4, 0.5) is 8.78 Å². The summed E-state index contributed by atoms with van der Waals surface area (Å²) in [5.41, 5.74) is -0.443. The second-order valence-corrected chi connectivity index (χ2v) is 7.23. The van der Waals surface area contributed by atoms with Gasteiger partial charge in [-0.2, -0.15) is 0 Å². The van der Waals surface area contributed by atoms with E-state index in [0.717, 1.165) is 5.47 Å². The molecule has 1 saturated carbocycles. The largest absolute Gasteiger partial charge is 0.490 e. The highest BCUT2D eigenvalue weighted by Crippen LogP contribution is 2.67. The minimum absolute atomic E-state index is 0.0488. The molecule has 0 N–H and O–H groups in total. The van der Waals surface area contributed by atoms with Crippen molar-refractivity contribution in [2.75, 3.05) is 0 Å². The second-order valence-electron chi connectivity index (χ2n) is 7.23. The normalized spacial score (nSPS) is 38.4. The molecule has 0 amide bonds. The number of hydrogen-bond acceptors (Lipinski definition) is 2. The van der Waals surface area contributed by atoms with Gasteiger partial charge in [0.2, 0.25) is 0 Å². The van der Waals surface area contributed by atoms with E-state index in [1.54, 1.807) is 0 Å². The molecule has 1 spiro atoms. The average molecular weight is 270 g/mol. The molecule has 5 heteroatoms. The van der Waals surface area contributed by atoms with Crippen molar-refractivity contribution >= 4 is 7.12 Å². The van der Waals surface area contributed by atoms with E-state index in [9.17, 15) is 8.78 Å². The van der Waals surface area contributed by atoms with Gasteiger partial charge in [0.1, 0.15) is 0 Å². The Bertz CT molecular complexity index is 429. The quantitative estimate of drug-likeness (QED) is 0.675. The fourth-order valence-corrected chi connectivity index (χ4v) is 3.00. The van der Waals surface area contributed by atoms with Gasteiger partial charge >= 0.3 is 7.12 Å². The zero-order valence-corrected chi connectivity index (χ0v) is 12.1. The van der Waals surface area contributed by atoms with Crippen molar-refractivity contribution in [3.05, 3.63) is 11.5 Å². The highest BCUT2D eigenvalue weighted by Gasteiger charge is 2.70. The molecular weight excluding hydrogens is 249 g/mol. The summed E-state index contributed by atoms with van der Waals surface area (Å²) < 4.78 is 38.6.